The van der Waals surface area contributed by atoms with Crippen LogP contribution in [0.25, 0.3) is 0 Å². The molecule has 1 saturated heterocycles. The molecule has 7 nitrogen and oxygen atoms in total. The SMILES string of the molecule is COC(=O)CC(CN1CC[C@@](F)(CCc2ccc3c(n2)NCCC3)C1)c1cccc(OC[C@H](C)OC)c1. The first-order valence-corrected chi connectivity index (χ1v) is 13.3. The normalized spacial score (nSPS) is 21.1. The van der Waals surface area contributed by atoms with Crippen molar-refractivity contribution in [2.24, 2.45) is 0 Å². The third kappa shape index (κ3) is 7.65. The molecule has 2 aromatic rings. The summed E-state index contributed by atoms with van der Waals surface area (Å²) in [5, 5.41) is 3.36. The van der Waals surface area contributed by atoms with Crippen molar-refractivity contribution < 1.29 is 23.4 Å². The molecule has 4 rings (SSSR count). The third-order valence-electron chi connectivity index (χ3n) is 7.50. The average molecular weight is 514 g/mol. The molecule has 0 amide bonds. The van der Waals surface area contributed by atoms with Gasteiger partial charge in [0.05, 0.1) is 19.6 Å². The van der Waals surface area contributed by atoms with Gasteiger partial charge in [-0.1, -0.05) is 18.2 Å². The van der Waals surface area contributed by atoms with Gasteiger partial charge in [0.25, 0.3) is 0 Å². The monoisotopic (exact) mass is 513 g/mol. The molecule has 1 aromatic carbocycles. The first kappa shape index (κ1) is 27.3. The van der Waals surface area contributed by atoms with Crippen LogP contribution < -0.4 is 10.1 Å². The average Bonchev–Trinajstić information content (AvgIpc) is 3.30. The molecule has 1 N–H and O–H groups in total. The molecule has 8 heteroatoms. The van der Waals surface area contributed by atoms with E-state index in [4.69, 9.17) is 19.2 Å². The molecule has 3 heterocycles. The summed E-state index contributed by atoms with van der Waals surface area (Å²) in [6.45, 7) is 4.93. The van der Waals surface area contributed by atoms with Crippen LogP contribution in [0.5, 0.6) is 5.75 Å². The fourth-order valence-electron chi connectivity index (χ4n) is 5.16. The molecule has 37 heavy (non-hydrogen) atoms. The van der Waals surface area contributed by atoms with Crippen LogP contribution in [0.3, 0.4) is 0 Å². The number of pyridine rings is 1. The van der Waals surface area contributed by atoms with Crippen LogP contribution in [-0.4, -0.2) is 74.6 Å². The highest BCUT2D eigenvalue weighted by molar-refractivity contribution is 5.70. The van der Waals surface area contributed by atoms with Gasteiger partial charge in [-0.25, -0.2) is 9.37 Å². The number of benzene rings is 1. The molecular formula is C29H40FN3O4. The highest BCUT2D eigenvalue weighted by Gasteiger charge is 2.39. The number of esters is 1. The number of halogens is 1. The Kier molecular flexibility index (Phi) is 9.38. The van der Waals surface area contributed by atoms with E-state index >= 15 is 4.39 Å². The summed E-state index contributed by atoms with van der Waals surface area (Å²) in [7, 11) is 3.05. The molecule has 0 radical (unpaired) electrons. The topological polar surface area (TPSA) is 72.9 Å². The van der Waals surface area contributed by atoms with Gasteiger partial charge in [-0.15, -0.1) is 0 Å². The number of nitrogens with zero attached hydrogens (tertiary/aromatic N) is 2. The number of hydrogen-bond donors (Lipinski definition) is 1. The Morgan fingerprint density at radius 2 is 2.14 bits per heavy atom. The third-order valence-corrected chi connectivity index (χ3v) is 7.50. The summed E-state index contributed by atoms with van der Waals surface area (Å²) in [6, 6.07) is 11.9. The lowest BCUT2D eigenvalue weighted by molar-refractivity contribution is -0.141. The summed E-state index contributed by atoms with van der Waals surface area (Å²) in [5.74, 6) is 1.29. The van der Waals surface area contributed by atoms with Crippen LogP contribution in [0.1, 0.15) is 55.3 Å². The van der Waals surface area contributed by atoms with Gasteiger partial charge in [0.2, 0.25) is 0 Å². The van der Waals surface area contributed by atoms with Crippen molar-refractivity contribution in [1.29, 1.82) is 0 Å². The molecule has 2 aliphatic heterocycles. The van der Waals surface area contributed by atoms with Crippen LogP contribution in [0.15, 0.2) is 36.4 Å². The number of methoxy groups -OCH3 is 2. The first-order chi connectivity index (χ1) is 17.9. The summed E-state index contributed by atoms with van der Waals surface area (Å²) in [6.07, 6.45) is 3.92. The maximum absolute atomic E-state index is 15.8. The summed E-state index contributed by atoms with van der Waals surface area (Å²) < 4.78 is 31.9. The Morgan fingerprint density at radius 1 is 1.27 bits per heavy atom. The molecule has 0 spiro atoms. The van der Waals surface area contributed by atoms with Gasteiger partial charge in [-0.2, -0.15) is 0 Å². The number of anilines is 1. The van der Waals surface area contributed by atoms with Crippen LogP contribution >= 0.6 is 0 Å². The predicted octanol–water partition coefficient (Wildman–Crippen LogP) is 4.55. The second-order valence-corrected chi connectivity index (χ2v) is 10.4. The van der Waals surface area contributed by atoms with Crippen LogP contribution in [-0.2, 0) is 27.1 Å². The van der Waals surface area contributed by atoms with Gasteiger partial charge in [0, 0.05) is 44.9 Å². The maximum atomic E-state index is 15.8. The van der Waals surface area contributed by atoms with Crippen molar-refractivity contribution in [3.8, 4) is 5.75 Å². The van der Waals surface area contributed by atoms with E-state index in [1.165, 1.54) is 12.7 Å². The first-order valence-electron chi connectivity index (χ1n) is 13.3. The van der Waals surface area contributed by atoms with E-state index in [2.05, 4.69) is 16.3 Å². The van der Waals surface area contributed by atoms with Crippen molar-refractivity contribution in [3.05, 3.63) is 53.2 Å². The van der Waals surface area contributed by atoms with Gasteiger partial charge in [0.1, 0.15) is 23.8 Å². The fourth-order valence-corrected chi connectivity index (χ4v) is 5.16. The minimum absolute atomic E-state index is 0.0235. The van der Waals surface area contributed by atoms with Crippen LogP contribution in [0, 0.1) is 0 Å². The Bertz CT molecular complexity index is 1050. The Hall–Kier alpha value is -2.71. The van der Waals surface area contributed by atoms with Crippen LogP contribution in [0.4, 0.5) is 10.2 Å². The van der Waals surface area contributed by atoms with E-state index in [-0.39, 0.29) is 24.4 Å². The molecule has 0 aliphatic carbocycles. The lowest BCUT2D eigenvalue weighted by Crippen LogP contribution is -2.33. The highest BCUT2D eigenvalue weighted by Crippen LogP contribution is 2.34. The van der Waals surface area contributed by atoms with E-state index in [9.17, 15) is 4.79 Å². The standard InChI is InChI=1S/C29H40FN3O4/c1-21(35-2)19-37-26-8-4-6-23(16-26)24(17-27(34)36-3)18-33-15-13-29(30,20-33)12-11-25-10-9-22-7-5-14-31-28(22)32-25/h4,6,8-10,16,21,24H,5,7,11-15,17-20H2,1-3H3,(H,31,32)/t21-,24?,29-/m0/s1. The number of alkyl halides is 1. The number of likely N-dealkylation sites (tertiary alicyclic amines) is 1. The van der Waals surface area contributed by atoms with Crippen molar-refractivity contribution in [3.63, 3.8) is 0 Å². The number of fused-ring (bicyclic) bond motifs is 1. The van der Waals surface area contributed by atoms with Gasteiger partial charge >= 0.3 is 5.97 Å². The minimum atomic E-state index is -1.26. The summed E-state index contributed by atoms with van der Waals surface area (Å²) in [4.78, 5) is 19.1. The van der Waals surface area contributed by atoms with E-state index in [1.54, 1.807) is 7.11 Å². The van der Waals surface area contributed by atoms with Gasteiger partial charge < -0.3 is 19.5 Å². The number of aromatic nitrogens is 1. The van der Waals surface area contributed by atoms with Gasteiger partial charge in [-0.3, -0.25) is 9.69 Å². The van der Waals surface area contributed by atoms with Crippen LogP contribution in [0.2, 0.25) is 0 Å². The lowest BCUT2D eigenvalue weighted by Gasteiger charge is -2.25. The van der Waals surface area contributed by atoms with E-state index < -0.39 is 5.67 Å². The lowest BCUT2D eigenvalue weighted by atomic mass is 9.94. The highest BCUT2D eigenvalue weighted by atomic mass is 19.1. The van der Waals surface area contributed by atoms with Gasteiger partial charge in [0.15, 0.2) is 0 Å². The second-order valence-electron chi connectivity index (χ2n) is 10.4. The summed E-state index contributed by atoms with van der Waals surface area (Å²) >= 11 is 0. The molecular weight excluding hydrogens is 473 g/mol. The summed E-state index contributed by atoms with van der Waals surface area (Å²) in [5.41, 5.74) is 1.90. The van der Waals surface area contributed by atoms with Crippen molar-refractivity contribution in [2.75, 3.05) is 52.3 Å². The fraction of sp³-hybridized carbons (Fsp3) is 0.586. The molecule has 1 unspecified atom stereocenters. The molecule has 1 fully saturated rings. The van der Waals surface area contributed by atoms with Crippen molar-refractivity contribution >= 4 is 11.8 Å². The number of carbonyl (C=O) groups excluding carboxylic acids is 1. The molecule has 3 atom stereocenters. The zero-order chi connectivity index (χ0) is 26.3. The minimum Gasteiger partial charge on any atom is -0.491 e. The maximum Gasteiger partial charge on any atom is 0.306 e. The molecule has 1 aromatic heterocycles. The van der Waals surface area contributed by atoms with Gasteiger partial charge in [-0.05, 0) is 68.4 Å². The number of aryl methyl sites for hydroxylation is 2. The molecule has 202 valence electrons. The predicted molar refractivity (Wildman–Crippen MR) is 142 cm³/mol. The zero-order valence-electron chi connectivity index (χ0n) is 22.3. The van der Waals surface area contributed by atoms with Crippen molar-refractivity contribution in [1.82, 2.24) is 9.88 Å². The number of ether oxygens (including phenoxy) is 3. The molecule has 0 saturated carbocycles. The largest absolute Gasteiger partial charge is 0.491 e. The number of rotatable bonds is 12. The smallest absolute Gasteiger partial charge is 0.306 e. The second kappa shape index (κ2) is 12.7. The van der Waals surface area contributed by atoms with E-state index in [1.807, 2.05) is 37.3 Å². The Balaban J connectivity index is 1.37. The number of hydrogen-bond acceptors (Lipinski definition) is 7. The quantitative estimate of drug-likeness (QED) is 0.418. The molecule has 0 bridgehead atoms. The van der Waals surface area contributed by atoms with E-state index in [0.29, 0.717) is 45.5 Å². The van der Waals surface area contributed by atoms with E-state index in [0.717, 1.165) is 42.2 Å². The zero-order valence-corrected chi connectivity index (χ0v) is 22.3. The van der Waals surface area contributed by atoms with Crippen molar-refractivity contribution in [2.45, 2.75) is 63.1 Å². The Labute approximate surface area is 219 Å². The number of carbonyl (C=O) groups is 1. The molecule has 2 aliphatic rings. The Morgan fingerprint density at radius 3 is 2.95 bits per heavy atom. The number of nitrogens with one attached hydrogen (secondary N) is 1.